The molecule has 0 bridgehead atoms. The molecule has 0 saturated heterocycles. The van der Waals surface area contributed by atoms with Crippen molar-refractivity contribution in [2.45, 2.75) is 49.2 Å². The molecule has 0 amide bonds. The lowest BCUT2D eigenvalue weighted by atomic mass is 10.7. The minimum Gasteiger partial charge on any atom is -0.524 e. The third-order valence-electron chi connectivity index (χ3n) is 1.82. The maximum Gasteiger partial charge on any atom is 0.400 e. The predicted octanol–water partition coefficient (Wildman–Crippen LogP) is 4.62. The van der Waals surface area contributed by atoms with Gasteiger partial charge in [0.2, 0.25) is 0 Å². The molecule has 0 aliphatic carbocycles. The van der Waals surface area contributed by atoms with Gasteiger partial charge >= 0.3 is 27.1 Å². The first kappa shape index (κ1) is 29.2. The maximum atomic E-state index is 5.94. The van der Waals surface area contributed by atoms with Gasteiger partial charge in [-0.3, -0.25) is 0 Å². The average molecular weight is 365 g/mol. The summed E-state index contributed by atoms with van der Waals surface area (Å²) < 4.78 is 22.9. The summed E-state index contributed by atoms with van der Waals surface area (Å²) in [5.74, 6) is 1.24. The normalized spacial score (nSPS) is 12.2. The smallest absolute Gasteiger partial charge is 0.400 e. The third-order valence-corrected chi connectivity index (χ3v) is 10.3. The van der Waals surface area contributed by atoms with Crippen molar-refractivity contribution in [2.75, 3.05) is 0 Å². The van der Waals surface area contributed by atoms with Gasteiger partial charge in [-0.1, -0.05) is 35.4 Å². The molecule has 2 atom stereocenters. The molecule has 0 aromatic heterocycles. The summed E-state index contributed by atoms with van der Waals surface area (Å²) in [7, 11) is -6.34. The van der Waals surface area contributed by atoms with Gasteiger partial charge in [-0.2, -0.15) is 0 Å². The van der Waals surface area contributed by atoms with Crippen LogP contribution in [0.15, 0.2) is 49.2 Å². The number of rotatable bonds is 10. The van der Waals surface area contributed by atoms with Crippen molar-refractivity contribution in [1.29, 1.82) is 0 Å². The summed E-state index contributed by atoms with van der Waals surface area (Å²) in [5.41, 5.74) is 3.41. The van der Waals surface area contributed by atoms with Crippen LogP contribution in [0.1, 0.15) is 36.1 Å². The number of allylic oxidation sites excluding steroid dienone is 2. The Bertz CT molecular complexity index is 325. The molecule has 0 saturated carbocycles. The van der Waals surface area contributed by atoms with Gasteiger partial charge < -0.3 is 17.1 Å². The Balaban J connectivity index is -0.000000540. The van der Waals surface area contributed by atoms with Crippen LogP contribution >= 0.6 is 0 Å². The fourth-order valence-electron chi connectivity index (χ4n) is 1.22. The highest BCUT2D eigenvalue weighted by Gasteiger charge is 2.33. The molecule has 0 aliphatic heterocycles. The zero-order valence-electron chi connectivity index (χ0n) is 12.3. The van der Waals surface area contributed by atoms with Crippen LogP contribution in [0, 0.1) is 0 Å². The van der Waals surface area contributed by atoms with E-state index in [1.165, 1.54) is 0 Å². The SMILES string of the molecule is C.C.C.C=C[SiH](OC(=C)C)O[Si](C)(C)O[SiH](C=C)OC(=C)C. The molecule has 0 aromatic carbocycles. The molecule has 0 radical (unpaired) electrons. The lowest BCUT2D eigenvalue weighted by Gasteiger charge is -2.29. The molecule has 22 heavy (non-hydrogen) atoms. The predicted molar refractivity (Wildman–Crippen MR) is 106 cm³/mol. The first-order valence-corrected chi connectivity index (χ1v) is 12.0. The summed E-state index contributed by atoms with van der Waals surface area (Å²) in [4.78, 5) is 0. The molecule has 132 valence electrons. The van der Waals surface area contributed by atoms with Gasteiger partial charge in [0, 0.05) is 0 Å². The van der Waals surface area contributed by atoms with E-state index in [9.17, 15) is 0 Å². The van der Waals surface area contributed by atoms with E-state index < -0.39 is 27.1 Å². The van der Waals surface area contributed by atoms with Crippen molar-refractivity contribution in [3.8, 4) is 0 Å². The van der Waals surface area contributed by atoms with Crippen LogP contribution in [-0.4, -0.2) is 27.1 Å². The average Bonchev–Trinajstić information content (AvgIpc) is 2.25. The molecule has 4 nitrogen and oxygen atoms in total. The molecule has 2 unspecified atom stereocenters. The van der Waals surface area contributed by atoms with Crippen LogP contribution in [-0.2, 0) is 17.1 Å². The quantitative estimate of drug-likeness (QED) is 0.418. The van der Waals surface area contributed by atoms with Crippen LogP contribution in [0.2, 0.25) is 13.1 Å². The van der Waals surface area contributed by atoms with Crippen molar-refractivity contribution in [2.24, 2.45) is 0 Å². The Hall–Kier alpha value is -0.869. The van der Waals surface area contributed by atoms with Crippen LogP contribution in [0.4, 0.5) is 0 Å². The largest absolute Gasteiger partial charge is 0.524 e. The fourth-order valence-corrected chi connectivity index (χ4v) is 8.56. The topological polar surface area (TPSA) is 36.9 Å². The second-order valence-electron chi connectivity index (χ2n) is 4.48. The molecule has 0 heterocycles. The Kier molecular flexibility index (Phi) is 18.3. The Morgan fingerprint density at radius 1 is 0.818 bits per heavy atom. The highest BCUT2D eigenvalue weighted by atomic mass is 28.5. The standard InChI is InChI=1S/C12H24O4Si3.3CH4/c1-9-17(13-11(3)4)15-19(7,8)16-18(10-2)14-12(5)6;;;/h9-10,17-18H,1-3,5H2,4,6-8H3;3*1H4. The minimum absolute atomic E-state index is 0. The Morgan fingerprint density at radius 3 is 1.27 bits per heavy atom. The van der Waals surface area contributed by atoms with E-state index in [0.29, 0.717) is 11.5 Å². The lowest BCUT2D eigenvalue weighted by Crippen LogP contribution is -2.46. The van der Waals surface area contributed by atoms with Crippen LogP contribution in [0.3, 0.4) is 0 Å². The molecule has 0 aliphatic rings. The van der Waals surface area contributed by atoms with Gasteiger partial charge in [-0.25, -0.2) is 0 Å². The zero-order chi connectivity index (χ0) is 15.1. The second kappa shape index (κ2) is 13.8. The summed E-state index contributed by atoms with van der Waals surface area (Å²) in [6.07, 6.45) is 0. The molecule has 0 N–H and O–H groups in total. The summed E-state index contributed by atoms with van der Waals surface area (Å²) >= 11 is 0. The first-order valence-electron chi connectivity index (χ1n) is 5.95. The van der Waals surface area contributed by atoms with Gasteiger partial charge in [0.25, 0.3) is 0 Å². The lowest BCUT2D eigenvalue weighted by molar-refractivity contribution is 0.290. The van der Waals surface area contributed by atoms with Crippen LogP contribution in [0.5, 0.6) is 0 Å². The van der Waals surface area contributed by atoms with Gasteiger partial charge in [-0.15, -0.1) is 13.2 Å². The third kappa shape index (κ3) is 14.1. The van der Waals surface area contributed by atoms with E-state index in [4.69, 9.17) is 17.1 Å². The summed E-state index contributed by atoms with van der Waals surface area (Å²) in [5, 5.41) is 0. The first-order chi connectivity index (χ1) is 8.70. The van der Waals surface area contributed by atoms with Crippen molar-refractivity contribution in [3.63, 3.8) is 0 Å². The van der Waals surface area contributed by atoms with E-state index in [-0.39, 0.29) is 22.3 Å². The zero-order valence-corrected chi connectivity index (χ0v) is 15.6. The Morgan fingerprint density at radius 2 is 1.09 bits per heavy atom. The van der Waals surface area contributed by atoms with Gasteiger partial charge in [-0.05, 0) is 38.3 Å². The van der Waals surface area contributed by atoms with Crippen LogP contribution in [0.25, 0.3) is 0 Å². The highest BCUT2D eigenvalue weighted by Crippen LogP contribution is 2.14. The molecule has 0 fully saturated rings. The van der Waals surface area contributed by atoms with Gasteiger partial charge in [0.05, 0.1) is 11.5 Å². The van der Waals surface area contributed by atoms with E-state index in [1.807, 2.05) is 13.1 Å². The van der Waals surface area contributed by atoms with E-state index in [0.717, 1.165) is 0 Å². The number of hydrogen-bond donors (Lipinski definition) is 0. The summed E-state index contributed by atoms with van der Waals surface area (Å²) in [6.45, 7) is 22.3. The van der Waals surface area contributed by atoms with E-state index >= 15 is 0 Å². The van der Waals surface area contributed by atoms with Crippen molar-refractivity contribution >= 4 is 27.1 Å². The fraction of sp³-hybridized carbons (Fsp3) is 0.467. The molecule has 0 aromatic rings. The monoisotopic (exact) mass is 364 g/mol. The van der Waals surface area contributed by atoms with E-state index in [1.54, 1.807) is 25.2 Å². The molecule has 0 rings (SSSR count). The van der Waals surface area contributed by atoms with Crippen molar-refractivity contribution in [1.82, 2.24) is 0 Å². The number of hydrogen-bond acceptors (Lipinski definition) is 4. The van der Waals surface area contributed by atoms with Gasteiger partial charge in [0.15, 0.2) is 0 Å². The molecular weight excluding hydrogens is 328 g/mol. The highest BCUT2D eigenvalue weighted by molar-refractivity contribution is 6.78. The van der Waals surface area contributed by atoms with Crippen molar-refractivity contribution < 1.29 is 17.1 Å². The van der Waals surface area contributed by atoms with Crippen LogP contribution < -0.4 is 0 Å². The molecular formula is C15H36O4Si3. The van der Waals surface area contributed by atoms with Gasteiger partial charge in [0.1, 0.15) is 0 Å². The maximum absolute atomic E-state index is 5.94. The Labute approximate surface area is 143 Å². The van der Waals surface area contributed by atoms with Crippen molar-refractivity contribution in [3.05, 3.63) is 49.2 Å². The molecule has 0 spiro atoms. The van der Waals surface area contributed by atoms with E-state index in [2.05, 4.69) is 26.3 Å². The summed E-state index contributed by atoms with van der Waals surface area (Å²) in [6, 6.07) is 0. The minimum atomic E-state index is -2.36. The second-order valence-corrected chi connectivity index (χ2v) is 12.1. The molecule has 7 heteroatoms.